The molecule has 0 aliphatic carbocycles. The van der Waals surface area contributed by atoms with Crippen molar-refractivity contribution in [1.82, 2.24) is 0 Å². The summed E-state index contributed by atoms with van der Waals surface area (Å²) in [6.07, 6.45) is 0.713. The van der Waals surface area contributed by atoms with Gasteiger partial charge in [-0.3, -0.25) is 4.72 Å². The Morgan fingerprint density at radius 3 is 2.48 bits per heavy atom. The van der Waals surface area contributed by atoms with Crippen LogP contribution in [0.25, 0.3) is 0 Å². The maximum Gasteiger partial charge on any atom is 0.261 e. The number of anilines is 1. The van der Waals surface area contributed by atoms with E-state index in [1.807, 2.05) is 0 Å². The van der Waals surface area contributed by atoms with Gasteiger partial charge in [0.2, 0.25) is 0 Å². The van der Waals surface area contributed by atoms with E-state index < -0.39 is 10.0 Å². The number of methoxy groups -OCH3 is 1. The molecule has 0 spiro atoms. The van der Waals surface area contributed by atoms with Gasteiger partial charge in [0, 0.05) is 11.9 Å². The molecule has 0 radical (unpaired) electrons. The Labute approximate surface area is 129 Å². The molecule has 112 valence electrons. The van der Waals surface area contributed by atoms with Gasteiger partial charge in [0.1, 0.15) is 5.75 Å². The lowest BCUT2D eigenvalue weighted by Gasteiger charge is -2.09. The predicted octanol–water partition coefficient (Wildman–Crippen LogP) is 3.28. The fraction of sp³-hybridized carbons (Fsp3) is 0.200. The third-order valence-electron chi connectivity index (χ3n) is 2.94. The minimum atomic E-state index is -3.61. The molecular weight excluding hydrogens is 310 g/mol. The van der Waals surface area contributed by atoms with Crippen molar-refractivity contribution in [3.05, 3.63) is 54.1 Å². The summed E-state index contributed by atoms with van der Waals surface area (Å²) in [7, 11) is -2.08. The quantitative estimate of drug-likeness (QED) is 0.829. The molecule has 2 rings (SSSR count). The highest BCUT2D eigenvalue weighted by atomic mass is 35.5. The number of hydrogen-bond acceptors (Lipinski definition) is 3. The van der Waals surface area contributed by atoms with E-state index in [1.165, 1.54) is 7.11 Å². The highest BCUT2D eigenvalue weighted by Gasteiger charge is 2.14. The van der Waals surface area contributed by atoms with Crippen molar-refractivity contribution in [3.63, 3.8) is 0 Å². The highest BCUT2D eigenvalue weighted by molar-refractivity contribution is 7.92. The molecule has 2 aromatic rings. The molecule has 0 aliphatic rings. The molecule has 0 saturated heterocycles. The van der Waals surface area contributed by atoms with Gasteiger partial charge in [0.05, 0.1) is 17.7 Å². The van der Waals surface area contributed by atoms with Crippen LogP contribution in [0.4, 0.5) is 5.69 Å². The first-order chi connectivity index (χ1) is 10.0. The largest absolute Gasteiger partial charge is 0.497 e. The average Bonchev–Trinajstić information content (AvgIpc) is 2.48. The first-order valence-corrected chi connectivity index (χ1v) is 8.39. The fourth-order valence-electron chi connectivity index (χ4n) is 1.85. The molecule has 6 heteroatoms. The van der Waals surface area contributed by atoms with Crippen molar-refractivity contribution in [3.8, 4) is 5.75 Å². The van der Waals surface area contributed by atoms with Crippen molar-refractivity contribution in [2.45, 2.75) is 11.3 Å². The molecule has 4 nitrogen and oxygen atoms in total. The molecule has 0 bridgehead atoms. The fourth-order valence-corrected chi connectivity index (χ4v) is 3.11. The summed E-state index contributed by atoms with van der Waals surface area (Å²) in [4.78, 5) is 0.212. The second-order valence-electron chi connectivity index (χ2n) is 4.42. The van der Waals surface area contributed by atoms with E-state index in [9.17, 15) is 8.42 Å². The second kappa shape index (κ2) is 6.83. The summed E-state index contributed by atoms with van der Waals surface area (Å²) in [5, 5.41) is 0. The van der Waals surface area contributed by atoms with Gasteiger partial charge in [0.25, 0.3) is 10.0 Å². The molecule has 2 aromatic carbocycles. The minimum Gasteiger partial charge on any atom is -0.497 e. The van der Waals surface area contributed by atoms with Crippen LogP contribution in [0.15, 0.2) is 53.4 Å². The number of hydrogen-bond donors (Lipinski definition) is 1. The monoisotopic (exact) mass is 325 g/mol. The van der Waals surface area contributed by atoms with Crippen LogP contribution < -0.4 is 9.46 Å². The molecular formula is C15H16ClNO3S. The Hall–Kier alpha value is -1.72. The molecule has 1 N–H and O–H groups in total. The maximum absolute atomic E-state index is 12.3. The number of aryl methyl sites for hydroxylation is 1. The van der Waals surface area contributed by atoms with Gasteiger partial charge in [0.15, 0.2) is 0 Å². The predicted molar refractivity (Wildman–Crippen MR) is 84.7 cm³/mol. The van der Waals surface area contributed by atoms with Crippen LogP contribution >= 0.6 is 11.6 Å². The van der Waals surface area contributed by atoms with Crippen molar-refractivity contribution in [2.24, 2.45) is 0 Å². The molecule has 0 amide bonds. The zero-order valence-corrected chi connectivity index (χ0v) is 13.1. The van der Waals surface area contributed by atoms with Gasteiger partial charge in [-0.2, -0.15) is 0 Å². The second-order valence-corrected chi connectivity index (χ2v) is 6.48. The van der Waals surface area contributed by atoms with Crippen molar-refractivity contribution in [2.75, 3.05) is 17.7 Å². The molecule has 21 heavy (non-hydrogen) atoms. The topological polar surface area (TPSA) is 55.4 Å². The zero-order valence-electron chi connectivity index (χ0n) is 11.5. The summed E-state index contributed by atoms with van der Waals surface area (Å²) >= 11 is 5.66. The average molecular weight is 326 g/mol. The van der Waals surface area contributed by atoms with Gasteiger partial charge in [-0.1, -0.05) is 18.2 Å². The minimum absolute atomic E-state index is 0.212. The van der Waals surface area contributed by atoms with E-state index in [-0.39, 0.29) is 4.90 Å². The highest BCUT2D eigenvalue weighted by Crippen LogP contribution is 2.21. The standard InChI is InChI=1S/C15H16ClNO3S/c1-20-14-4-2-3-13(11-14)17-21(18,19)15-7-5-12(6-8-15)9-10-16/h2-8,11,17H,9-10H2,1H3. The molecule has 0 aromatic heterocycles. The first kappa shape index (κ1) is 15.7. The van der Waals surface area contributed by atoms with E-state index in [0.29, 0.717) is 23.7 Å². The normalized spacial score (nSPS) is 11.1. The number of halogens is 1. The third kappa shape index (κ3) is 4.12. The van der Waals surface area contributed by atoms with E-state index in [2.05, 4.69) is 4.72 Å². The van der Waals surface area contributed by atoms with Gasteiger partial charge in [-0.15, -0.1) is 11.6 Å². The van der Waals surface area contributed by atoms with Crippen LogP contribution in [0.1, 0.15) is 5.56 Å². The summed E-state index contributed by atoms with van der Waals surface area (Å²) in [5.41, 5.74) is 1.46. The van der Waals surface area contributed by atoms with Crippen LogP contribution in [0.2, 0.25) is 0 Å². The lowest BCUT2D eigenvalue weighted by atomic mass is 10.2. The van der Waals surface area contributed by atoms with Crippen LogP contribution in [-0.2, 0) is 16.4 Å². The summed E-state index contributed by atoms with van der Waals surface area (Å²) in [5.74, 6) is 1.10. The lowest BCUT2D eigenvalue weighted by molar-refractivity contribution is 0.415. The maximum atomic E-state index is 12.3. The number of ether oxygens (including phenoxy) is 1. The smallest absolute Gasteiger partial charge is 0.261 e. The van der Waals surface area contributed by atoms with Gasteiger partial charge < -0.3 is 4.74 Å². The van der Waals surface area contributed by atoms with Crippen LogP contribution in [0.3, 0.4) is 0 Å². The van der Waals surface area contributed by atoms with Gasteiger partial charge in [-0.05, 0) is 36.2 Å². The van der Waals surface area contributed by atoms with Crippen molar-refractivity contribution in [1.29, 1.82) is 0 Å². The Morgan fingerprint density at radius 1 is 1.14 bits per heavy atom. The van der Waals surface area contributed by atoms with E-state index in [4.69, 9.17) is 16.3 Å². The molecule has 0 saturated carbocycles. The van der Waals surface area contributed by atoms with Crippen molar-refractivity contribution < 1.29 is 13.2 Å². The number of rotatable bonds is 6. The summed E-state index contributed by atoms with van der Waals surface area (Å²) in [6.45, 7) is 0. The van der Waals surface area contributed by atoms with Crippen LogP contribution in [-0.4, -0.2) is 21.4 Å². The SMILES string of the molecule is COc1cccc(NS(=O)(=O)c2ccc(CCCl)cc2)c1. The Balaban J connectivity index is 2.21. The summed E-state index contributed by atoms with van der Waals surface area (Å²) < 4.78 is 32.2. The zero-order chi connectivity index (χ0) is 15.3. The van der Waals surface area contributed by atoms with Crippen LogP contribution in [0, 0.1) is 0 Å². The summed E-state index contributed by atoms with van der Waals surface area (Å²) in [6, 6.07) is 13.4. The molecule has 0 heterocycles. The molecule has 0 fully saturated rings. The van der Waals surface area contributed by atoms with E-state index in [0.717, 1.165) is 5.56 Å². The molecule has 0 unspecified atom stereocenters. The van der Waals surface area contributed by atoms with E-state index >= 15 is 0 Å². The lowest BCUT2D eigenvalue weighted by Crippen LogP contribution is -2.13. The van der Waals surface area contributed by atoms with Gasteiger partial charge in [-0.25, -0.2) is 8.42 Å². The van der Waals surface area contributed by atoms with Crippen molar-refractivity contribution >= 4 is 27.3 Å². The Morgan fingerprint density at radius 2 is 1.86 bits per heavy atom. The number of sulfonamides is 1. The van der Waals surface area contributed by atoms with Crippen LogP contribution in [0.5, 0.6) is 5.75 Å². The molecule has 0 atom stereocenters. The number of alkyl halides is 1. The van der Waals surface area contributed by atoms with Gasteiger partial charge >= 0.3 is 0 Å². The first-order valence-electron chi connectivity index (χ1n) is 6.37. The number of benzene rings is 2. The molecule has 0 aliphatic heterocycles. The Kier molecular flexibility index (Phi) is 5.09. The van der Waals surface area contributed by atoms with E-state index in [1.54, 1.807) is 48.5 Å². The number of nitrogens with one attached hydrogen (secondary N) is 1. The third-order valence-corrected chi connectivity index (χ3v) is 4.52. The Bertz CT molecular complexity index is 699.